The van der Waals surface area contributed by atoms with Crippen molar-refractivity contribution in [3.63, 3.8) is 0 Å². The predicted molar refractivity (Wildman–Crippen MR) is 113 cm³/mol. The molecule has 1 aliphatic carbocycles. The van der Waals surface area contributed by atoms with Gasteiger partial charge in [-0.05, 0) is 49.3 Å². The number of hydrogen-bond acceptors (Lipinski definition) is 8. The van der Waals surface area contributed by atoms with Crippen molar-refractivity contribution >= 4 is 23.1 Å². The molecule has 6 nitrogen and oxygen atoms in total. The van der Waals surface area contributed by atoms with Gasteiger partial charge in [0.1, 0.15) is 0 Å². The number of nitrogens with zero attached hydrogens (tertiary/aromatic N) is 4. The first-order chi connectivity index (χ1) is 14.2. The molecule has 0 aliphatic heterocycles. The number of benzene rings is 1. The van der Waals surface area contributed by atoms with Gasteiger partial charge < -0.3 is 8.94 Å². The van der Waals surface area contributed by atoms with E-state index in [-0.39, 0.29) is 0 Å². The van der Waals surface area contributed by atoms with E-state index in [9.17, 15) is 0 Å². The van der Waals surface area contributed by atoms with Crippen molar-refractivity contribution in [1.29, 1.82) is 0 Å². The van der Waals surface area contributed by atoms with Gasteiger partial charge in [0, 0.05) is 10.4 Å². The zero-order valence-corrected chi connectivity index (χ0v) is 17.8. The summed E-state index contributed by atoms with van der Waals surface area (Å²) < 4.78 is 11.3. The van der Waals surface area contributed by atoms with Crippen LogP contribution >= 0.6 is 23.1 Å². The molecule has 0 spiro atoms. The van der Waals surface area contributed by atoms with E-state index in [1.165, 1.54) is 28.6 Å². The minimum absolute atomic E-state index is 0.485. The molecule has 4 aromatic rings. The molecule has 1 aliphatic rings. The second kappa shape index (κ2) is 7.76. The Bertz CT molecular complexity index is 1150. The quantitative estimate of drug-likeness (QED) is 0.387. The summed E-state index contributed by atoms with van der Waals surface area (Å²) in [5.74, 6) is 2.96. The van der Waals surface area contributed by atoms with Crippen LogP contribution in [-0.2, 0) is 18.6 Å². The van der Waals surface area contributed by atoms with Gasteiger partial charge in [-0.3, -0.25) is 0 Å². The van der Waals surface area contributed by atoms with Gasteiger partial charge in [0.05, 0.1) is 10.6 Å². The zero-order valence-electron chi connectivity index (χ0n) is 16.2. The van der Waals surface area contributed by atoms with Crippen LogP contribution in [0.3, 0.4) is 0 Å². The van der Waals surface area contributed by atoms with E-state index in [0.29, 0.717) is 28.6 Å². The summed E-state index contributed by atoms with van der Waals surface area (Å²) in [7, 11) is 0. The molecule has 0 N–H and O–H groups in total. The monoisotopic (exact) mass is 424 g/mol. The van der Waals surface area contributed by atoms with Crippen LogP contribution in [0.2, 0.25) is 0 Å². The largest absolute Gasteiger partial charge is 0.410 e. The highest BCUT2D eigenvalue weighted by atomic mass is 32.2. The van der Waals surface area contributed by atoms with Gasteiger partial charge in [-0.15, -0.1) is 21.5 Å². The van der Waals surface area contributed by atoms with Gasteiger partial charge >= 0.3 is 0 Å². The summed E-state index contributed by atoms with van der Waals surface area (Å²) >= 11 is 3.18. The second-order valence-corrected chi connectivity index (χ2v) is 9.46. The van der Waals surface area contributed by atoms with E-state index in [1.54, 1.807) is 11.3 Å². The van der Waals surface area contributed by atoms with Gasteiger partial charge in [0.15, 0.2) is 0 Å². The van der Waals surface area contributed by atoms with Crippen LogP contribution in [0, 0.1) is 12.8 Å². The van der Waals surface area contributed by atoms with E-state index >= 15 is 0 Å². The third-order valence-corrected chi connectivity index (χ3v) is 7.15. The van der Waals surface area contributed by atoms with Crippen LogP contribution in [0.15, 0.2) is 44.5 Å². The molecule has 0 bridgehead atoms. The molecule has 0 radical (unpaired) electrons. The highest BCUT2D eigenvalue weighted by Crippen LogP contribution is 2.37. The minimum Gasteiger partial charge on any atom is -0.410 e. The molecular weight excluding hydrogens is 404 g/mol. The first kappa shape index (κ1) is 18.6. The van der Waals surface area contributed by atoms with Crippen molar-refractivity contribution in [3.05, 3.63) is 52.2 Å². The van der Waals surface area contributed by atoms with Crippen LogP contribution in [0.1, 0.15) is 35.2 Å². The Hall–Kier alpha value is -2.45. The van der Waals surface area contributed by atoms with Crippen molar-refractivity contribution in [2.75, 3.05) is 0 Å². The van der Waals surface area contributed by atoms with Crippen LogP contribution in [0.25, 0.3) is 22.2 Å². The lowest BCUT2D eigenvalue weighted by molar-refractivity contribution is 0.391. The Morgan fingerprint density at radius 2 is 2.14 bits per heavy atom. The topological polar surface area (TPSA) is 77.8 Å². The zero-order chi connectivity index (χ0) is 19.8. The van der Waals surface area contributed by atoms with Crippen LogP contribution in [-0.4, -0.2) is 20.3 Å². The maximum Gasteiger partial charge on any atom is 0.277 e. The molecule has 8 heteroatoms. The fourth-order valence-electron chi connectivity index (χ4n) is 3.55. The number of aromatic nitrogens is 4. The summed E-state index contributed by atoms with van der Waals surface area (Å²) in [6.45, 7) is 4.34. The van der Waals surface area contributed by atoms with Crippen molar-refractivity contribution in [2.45, 2.75) is 44.1 Å². The van der Waals surface area contributed by atoms with E-state index in [0.717, 1.165) is 34.8 Å². The Morgan fingerprint density at radius 1 is 1.24 bits per heavy atom. The number of thiophene rings is 1. The first-order valence-electron chi connectivity index (χ1n) is 9.62. The number of thioether (sulfide) groups is 1. The Labute approximate surface area is 176 Å². The molecule has 3 heterocycles. The number of aryl methyl sites for hydroxylation is 2. The lowest BCUT2D eigenvalue weighted by Gasteiger charge is -2.16. The Balaban J connectivity index is 1.26. The van der Waals surface area contributed by atoms with Gasteiger partial charge in [0.25, 0.3) is 11.1 Å². The number of fused-ring (bicyclic) bond motifs is 1. The van der Waals surface area contributed by atoms with E-state index in [2.05, 4.69) is 33.3 Å². The lowest BCUT2D eigenvalue weighted by atomic mass is 9.90. The molecule has 0 fully saturated rings. The summed E-state index contributed by atoms with van der Waals surface area (Å²) in [5, 5.41) is 13.0. The predicted octanol–water partition coefficient (Wildman–Crippen LogP) is 5.57. The third kappa shape index (κ3) is 3.86. The van der Waals surface area contributed by atoms with Crippen LogP contribution in [0.5, 0.6) is 0 Å². The molecule has 0 unspecified atom stereocenters. The smallest absolute Gasteiger partial charge is 0.277 e. The molecule has 0 saturated heterocycles. The fraction of sp³-hybridized carbons (Fsp3) is 0.333. The first-order valence-corrected chi connectivity index (χ1v) is 11.4. The molecular formula is C21H20N4O2S2. The minimum atomic E-state index is 0.485. The average molecular weight is 425 g/mol. The molecule has 3 aromatic heterocycles. The Morgan fingerprint density at radius 3 is 3.03 bits per heavy atom. The van der Waals surface area contributed by atoms with Gasteiger partial charge in [-0.1, -0.05) is 48.1 Å². The SMILES string of the molecule is Cc1ccccc1-c1noc(CSc2nnc(-c3cc4c(s3)CC[C@@H](C)C4)o2)n1. The summed E-state index contributed by atoms with van der Waals surface area (Å²) in [5.41, 5.74) is 3.52. The van der Waals surface area contributed by atoms with Gasteiger partial charge in [-0.25, -0.2) is 0 Å². The maximum atomic E-state index is 5.87. The van der Waals surface area contributed by atoms with E-state index in [1.807, 2.05) is 31.2 Å². The Kier molecular flexibility index (Phi) is 4.97. The standard InChI is InChI=1S/C21H20N4O2S2/c1-12-7-8-16-14(9-12)10-17(29-16)20-23-24-21(26-20)28-11-18-22-19(25-27-18)15-6-4-3-5-13(15)2/h3-6,10,12H,7-9,11H2,1-2H3/t12-/m1/s1. The van der Waals surface area contributed by atoms with Crippen LogP contribution in [0.4, 0.5) is 0 Å². The van der Waals surface area contributed by atoms with Crippen LogP contribution < -0.4 is 0 Å². The molecule has 29 heavy (non-hydrogen) atoms. The molecule has 0 amide bonds. The summed E-state index contributed by atoms with van der Waals surface area (Å²) in [6, 6.07) is 10.2. The van der Waals surface area contributed by atoms with Crippen molar-refractivity contribution in [1.82, 2.24) is 20.3 Å². The normalized spacial score (nSPS) is 16.1. The average Bonchev–Trinajstić information content (AvgIpc) is 3.45. The summed E-state index contributed by atoms with van der Waals surface area (Å²) in [6.07, 6.45) is 3.55. The van der Waals surface area contributed by atoms with Crippen molar-refractivity contribution < 1.29 is 8.94 Å². The summed E-state index contributed by atoms with van der Waals surface area (Å²) in [4.78, 5) is 7.00. The molecule has 5 rings (SSSR count). The molecule has 148 valence electrons. The molecule has 1 aromatic carbocycles. The molecule has 0 saturated carbocycles. The van der Waals surface area contributed by atoms with Crippen molar-refractivity contribution in [2.24, 2.45) is 5.92 Å². The fourth-order valence-corrected chi connectivity index (χ4v) is 5.28. The number of rotatable bonds is 5. The van der Waals surface area contributed by atoms with Gasteiger partial charge in [0.2, 0.25) is 11.7 Å². The maximum absolute atomic E-state index is 5.87. The third-order valence-electron chi connectivity index (χ3n) is 5.12. The van der Waals surface area contributed by atoms with E-state index < -0.39 is 0 Å². The second-order valence-electron chi connectivity index (χ2n) is 7.40. The molecule has 1 atom stereocenters. The highest BCUT2D eigenvalue weighted by Gasteiger charge is 2.21. The highest BCUT2D eigenvalue weighted by molar-refractivity contribution is 7.98. The van der Waals surface area contributed by atoms with E-state index in [4.69, 9.17) is 8.94 Å². The van der Waals surface area contributed by atoms with Crippen molar-refractivity contribution in [3.8, 4) is 22.2 Å². The number of hydrogen-bond donors (Lipinski definition) is 0. The van der Waals surface area contributed by atoms with Gasteiger partial charge in [-0.2, -0.15) is 4.98 Å². The lowest BCUT2D eigenvalue weighted by Crippen LogP contribution is -2.07.